The molecule has 6 aromatic rings. The fourth-order valence-electron chi connectivity index (χ4n) is 11.6. The molecule has 2 unspecified atom stereocenters. The number of para-hydroxylation sites is 3. The fraction of sp³-hybridized carbons (Fsp3) is 0.265. The molecule has 11 rings (SSSR count). The molecule has 0 radical (unpaired) electrons. The molecule has 0 aromatic heterocycles. The molecule has 52 heavy (non-hydrogen) atoms. The quantitative estimate of drug-likeness (QED) is 0.169. The minimum Gasteiger partial charge on any atom is -0.376 e. The zero-order valence-corrected chi connectivity index (χ0v) is 31.0. The van der Waals surface area contributed by atoms with Gasteiger partial charge in [0.1, 0.15) is 0 Å². The fourth-order valence-corrected chi connectivity index (χ4v) is 11.6. The molecule has 1 aliphatic carbocycles. The third kappa shape index (κ3) is 3.49. The standard InChI is InChI=1S/C49H45BN2/c1-46(2,3)34-30-36-35-22-16-25-39-44(35)52(41-27-13-12-23-37(41)49(39,32-18-8-6-9-19-32)33-20-10-7-11-21-33)50-40-26-17-24-38-45(40)51(42(31-34)43(36)50)48(5)29-15-14-28-47(38,48)4/h6-13,16-27,30-31H,14-15,28-29H2,1-5H3. The molecule has 0 amide bonds. The second kappa shape index (κ2) is 10.1. The van der Waals surface area contributed by atoms with Crippen LogP contribution in [-0.4, -0.2) is 12.4 Å². The highest BCUT2D eigenvalue weighted by molar-refractivity contribution is 6.93. The summed E-state index contributed by atoms with van der Waals surface area (Å²) in [5.74, 6) is 0. The third-order valence-corrected chi connectivity index (χ3v) is 14.2. The molecule has 1 saturated carbocycles. The Labute approximate surface area is 309 Å². The molecular formula is C49H45BN2. The smallest absolute Gasteiger partial charge is 0.333 e. The SMILES string of the molecule is CC(C)(C)c1cc2c3c(c1)N1c4c(cccc4C4(C)CCCCC14C)B3N1c3ccccc3C(c3ccccc3)(c3ccccc3)c3cccc-2c31. The maximum absolute atomic E-state index is 2.87. The number of hydrogen-bond donors (Lipinski definition) is 0. The number of hydrogen-bond acceptors (Lipinski definition) is 2. The van der Waals surface area contributed by atoms with E-state index < -0.39 is 5.41 Å². The summed E-state index contributed by atoms with van der Waals surface area (Å²) < 4.78 is 0. The first-order chi connectivity index (χ1) is 25.2. The summed E-state index contributed by atoms with van der Waals surface area (Å²) in [6, 6.07) is 51.5. The van der Waals surface area contributed by atoms with Gasteiger partial charge in [-0.2, -0.15) is 0 Å². The van der Waals surface area contributed by atoms with Crippen LogP contribution >= 0.6 is 0 Å². The number of benzene rings is 6. The van der Waals surface area contributed by atoms with Crippen LogP contribution in [0.3, 0.4) is 0 Å². The van der Waals surface area contributed by atoms with E-state index in [-0.39, 0.29) is 23.2 Å². The highest BCUT2D eigenvalue weighted by atomic mass is 15.3. The first kappa shape index (κ1) is 30.6. The molecule has 0 saturated heterocycles. The highest BCUT2D eigenvalue weighted by Gasteiger charge is 2.62. The van der Waals surface area contributed by atoms with E-state index in [4.69, 9.17) is 0 Å². The van der Waals surface area contributed by atoms with Gasteiger partial charge in [-0.05, 0) is 87.2 Å². The molecule has 0 bridgehead atoms. The number of rotatable bonds is 2. The average molecular weight is 673 g/mol. The topological polar surface area (TPSA) is 6.48 Å². The van der Waals surface area contributed by atoms with Crippen LogP contribution in [0.5, 0.6) is 0 Å². The Bertz CT molecular complexity index is 2420. The van der Waals surface area contributed by atoms with Crippen LogP contribution in [0.15, 0.2) is 133 Å². The molecule has 5 aliphatic rings. The maximum Gasteiger partial charge on any atom is 0.333 e. The van der Waals surface area contributed by atoms with Crippen LogP contribution in [0.1, 0.15) is 93.7 Å². The van der Waals surface area contributed by atoms with Crippen molar-refractivity contribution in [2.24, 2.45) is 0 Å². The van der Waals surface area contributed by atoms with Crippen molar-refractivity contribution in [3.05, 3.63) is 167 Å². The lowest BCUT2D eigenvalue weighted by atomic mass is 9.42. The van der Waals surface area contributed by atoms with E-state index in [2.05, 4.69) is 178 Å². The van der Waals surface area contributed by atoms with Crippen LogP contribution in [-0.2, 0) is 16.2 Å². The van der Waals surface area contributed by atoms with Gasteiger partial charge in [0.15, 0.2) is 0 Å². The Morgan fingerprint density at radius 2 is 1.21 bits per heavy atom. The summed E-state index contributed by atoms with van der Waals surface area (Å²) in [6.07, 6.45) is 5.02. The van der Waals surface area contributed by atoms with Crippen molar-refractivity contribution in [1.29, 1.82) is 0 Å². The van der Waals surface area contributed by atoms with Gasteiger partial charge in [-0.15, -0.1) is 0 Å². The Morgan fingerprint density at radius 1 is 0.577 bits per heavy atom. The van der Waals surface area contributed by atoms with E-state index >= 15 is 0 Å². The lowest BCUT2D eigenvalue weighted by molar-refractivity contribution is 0.195. The van der Waals surface area contributed by atoms with Crippen LogP contribution in [0.4, 0.5) is 22.7 Å². The van der Waals surface area contributed by atoms with Crippen molar-refractivity contribution in [1.82, 2.24) is 0 Å². The van der Waals surface area contributed by atoms with E-state index in [9.17, 15) is 0 Å². The van der Waals surface area contributed by atoms with Crippen LogP contribution in [0.2, 0.25) is 0 Å². The molecule has 1 fully saturated rings. The van der Waals surface area contributed by atoms with Crippen molar-refractivity contribution in [3.8, 4) is 11.1 Å². The number of anilines is 4. The van der Waals surface area contributed by atoms with Gasteiger partial charge in [-0.25, -0.2) is 0 Å². The minimum atomic E-state index is -0.488. The zero-order chi connectivity index (χ0) is 35.2. The van der Waals surface area contributed by atoms with Gasteiger partial charge in [0.2, 0.25) is 0 Å². The van der Waals surface area contributed by atoms with E-state index in [0.29, 0.717) is 0 Å². The molecule has 0 N–H and O–H groups in total. The monoisotopic (exact) mass is 672 g/mol. The summed E-state index contributed by atoms with van der Waals surface area (Å²) >= 11 is 0. The number of nitrogens with zero attached hydrogens (tertiary/aromatic N) is 2. The molecule has 2 nitrogen and oxygen atoms in total. The van der Waals surface area contributed by atoms with E-state index in [1.807, 2.05) is 0 Å². The molecule has 4 heterocycles. The van der Waals surface area contributed by atoms with Crippen molar-refractivity contribution < 1.29 is 0 Å². The first-order valence-electron chi connectivity index (χ1n) is 19.5. The first-order valence-corrected chi connectivity index (χ1v) is 19.5. The summed E-state index contributed by atoms with van der Waals surface area (Å²) in [5, 5.41) is 0. The molecule has 2 atom stereocenters. The lowest BCUT2D eigenvalue weighted by Crippen LogP contribution is -2.65. The van der Waals surface area contributed by atoms with Crippen molar-refractivity contribution >= 4 is 40.5 Å². The summed E-state index contributed by atoms with van der Waals surface area (Å²) in [5.41, 5.74) is 19.1. The summed E-state index contributed by atoms with van der Waals surface area (Å²) in [6.45, 7) is 12.4. The van der Waals surface area contributed by atoms with Crippen molar-refractivity contribution in [2.45, 2.75) is 82.1 Å². The Hall–Kier alpha value is -5.02. The van der Waals surface area contributed by atoms with E-state index in [1.165, 1.54) is 98.3 Å². The van der Waals surface area contributed by atoms with Gasteiger partial charge in [0, 0.05) is 33.7 Å². The molecule has 4 aliphatic heterocycles. The predicted molar refractivity (Wildman–Crippen MR) is 219 cm³/mol. The minimum absolute atomic E-state index is 0.00622. The van der Waals surface area contributed by atoms with Crippen LogP contribution < -0.4 is 20.6 Å². The molecule has 3 heteroatoms. The summed E-state index contributed by atoms with van der Waals surface area (Å²) in [4.78, 5) is 5.64. The molecule has 0 spiro atoms. The predicted octanol–water partition coefficient (Wildman–Crippen LogP) is 10.7. The average Bonchev–Trinajstić information content (AvgIpc) is 3.38. The Morgan fingerprint density at radius 3 is 1.94 bits per heavy atom. The van der Waals surface area contributed by atoms with E-state index in [1.54, 1.807) is 5.56 Å². The molecule has 6 aromatic carbocycles. The highest BCUT2D eigenvalue weighted by Crippen LogP contribution is 2.64. The van der Waals surface area contributed by atoms with Gasteiger partial charge in [-0.1, -0.05) is 162 Å². The third-order valence-electron chi connectivity index (χ3n) is 14.2. The van der Waals surface area contributed by atoms with Gasteiger partial charge in [-0.3, -0.25) is 0 Å². The molecular weight excluding hydrogens is 627 g/mol. The van der Waals surface area contributed by atoms with Gasteiger partial charge in [0.25, 0.3) is 0 Å². The lowest BCUT2D eigenvalue weighted by Gasteiger charge is -2.55. The Kier molecular flexibility index (Phi) is 5.94. The van der Waals surface area contributed by atoms with Crippen molar-refractivity contribution in [3.63, 3.8) is 0 Å². The van der Waals surface area contributed by atoms with Gasteiger partial charge >= 0.3 is 6.85 Å². The largest absolute Gasteiger partial charge is 0.376 e. The number of fused-ring (bicyclic) bond motifs is 9. The molecule has 254 valence electrons. The van der Waals surface area contributed by atoms with Gasteiger partial charge < -0.3 is 9.71 Å². The normalized spacial score (nSPS) is 22.6. The van der Waals surface area contributed by atoms with Crippen molar-refractivity contribution in [2.75, 3.05) is 9.71 Å². The second-order valence-corrected chi connectivity index (χ2v) is 17.6. The van der Waals surface area contributed by atoms with Crippen LogP contribution in [0, 0.1) is 0 Å². The van der Waals surface area contributed by atoms with Gasteiger partial charge in [0.05, 0.1) is 11.0 Å². The summed E-state index contributed by atoms with van der Waals surface area (Å²) in [7, 11) is 0. The van der Waals surface area contributed by atoms with Crippen LogP contribution in [0.25, 0.3) is 11.1 Å². The maximum atomic E-state index is 2.87. The second-order valence-electron chi connectivity index (χ2n) is 17.6. The Balaban J connectivity index is 1.32. The zero-order valence-electron chi connectivity index (χ0n) is 31.0. The van der Waals surface area contributed by atoms with E-state index in [0.717, 1.165) is 0 Å².